The molecule has 0 bridgehead atoms. The summed E-state index contributed by atoms with van der Waals surface area (Å²) in [5.74, 6) is 0.487. The van der Waals surface area contributed by atoms with Crippen molar-refractivity contribution < 1.29 is 9.32 Å². The van der Waals surface area contributed by atoms with E-state index in [2.05, 4.69) is 10.1 Å². The first kappa shape index (κ1) is 12.0. The molecule has 0 aliphatic heterocycles. The number of aromatic amines is 1. The molecule has 0 spiro atoms. The van der Waals surface area contributed by atoms with Crippen LogP contribution in [0.25, 0.3) is 11.1 Å². The number of carbonyl (C=O) groups is 1. The van der Waals surface area contributed by atoms with Crippen LogP contribution in [-0.2, 0) is 11.3 Å². The molecule has 0 saturated carbocycles. The molecule has 2 rings (SSSR count). The van der Waals surface area contributed by atoms with Crippen LogP contribution in [0.3, 0.4) is 0 Å². The van der Waals surface area contributed by atoms with E-state index in [0.29, 0.717) is 23.2 Å². The summed E-state index contributed by atoms with van der Waals surface area (Å²) in [4.78, 5) is 35.7. The molecule has 2 heterocycles. The van der Waals surface area contributed by atoms with Gasteiger partial charge < -0.3 is 9.32 Å². The Morgan fingerprint density at radius 3 is 2.83 bits per heavy atom. The summed E-state index contributed by atoms with van der Waals surface area (Å²) in [6.07, 6.45) is 3.73. The number of aromatic nitrogens is 3. The molecule has 0 atom stereocenters. The van der Waals surface area contributed by atoms with Crippen LogP contribution in [0.15, 0.2) is 26.5 Å². The number of nitrogens with one attached hydrogen (secondary N) is 1. The molecular formula is C11H11N3O4. The van der Waals surface area contributed by atoms with Crippen molar-refractivity contribution in [2.24, 2.45) is 0 Å². The average Bonchev–Trinajstić information content (AvgIpc) is 2.74. The molecule has 0 aromatic carbocycles. The number of nitrogens with zero attached hydrogens (tertiary/aromatic N) is 2. The minimum Gasteiger partial charge on any atom is -0.361 e. The van der Waals surface area contributed by atoms with Gasteiger partial charge in [0.2, 0.25) is 0 Å². The molecule has 0 radical (unpaired) electrons. The third kappa shape index (κ3) is 2.15. The lowest BCUT2D eigenvalue weighted by Gasteiger charge is -2.04. The van der Waals surface area contributed by atoms with Crippen LogP contribution in [0.2, 0.25) is 0 Å². The molecule has 18 heavy (non-hydrogen) atoms. The number of H-pyrrole nitrogens is 1. The topological polar surface area (TPSA) is 98.0 Å². The highest BCUT2D eigenvalue weighted by molar-refractivity contribution is 5.62. The van der Waals surface area contributed by atoms with Gasteiger partial charge in [0, 0.05) is 19.2 Å². The summed E-state index contributed by atoms with van der Waals surface area (Å²) in [5, 5.41) is 3.58. The first-order valence-electron chi connectivity index (χ1n) is 5.32. The van der Waals surface area contributed by atoms with Crippen molar-refractivity contribution in [1.29, 1.82) is 0 Å². The van der Waals surface area contributed by atoms with E-state index in [9.17, 15) is 14.4 Å². The molecule has 2 aromatic rings. The standard InChI is InChI=1S/C11H11N3O4/c1-7-8(5-12-18-7)9-6-14(3-2-4-15)11(17)13-10(9)16/h4-6H,2-3H2,1H3,(H,13,16,17). The van der Waals surface area contributed by atoms with E-state index in [1.807, 2.05) is 0 Å². The molecule has 7 heteroatoms. The Hall–Kier alpha value is -2.44. The van der Waals surface area contributed by atoms with Gasteiger partial charge in [0.15, 0.2) is 0 Å². The Morgan fingerprint density at radius 2 is 2.22 bits per heavy atom. The Labute approximate surface area is 101 Å². The average molecular weight is 249 g/mol. The zero-order chi connectivity index (χ0) is 13.1. The second-order valence-corrected chi connectivity index (χ2v) is 3.75. The second kappa shape index (κ2) is 4.82. The van der Waals surface area contributed by atoms with E-state index in [4.69, 9.17) is 4.52 Å². The van der Waals surface area contributed by atoms with Crippen LogP contribution < -0.4 is 11.2 Å². The van der Waals surface area contributed by atoms with E-state index in [1.165, 1.54) is 17.0 Å². The highest BCUT2D eigenvalue weighted by Gasteiger charge is 2.12. The van der Waals surface area contributed by atoms with Crippen LogP contribution in [0.5, 0.6) is 0 Å². The maximum Gasteiger partial charge on any atom is 0.328 e. The van der Waals surface area contributed by atoms with Crippen molar-refractivity contribution in [1.82, 2.24) is 14.7 Å². The highest BCUT2D eigenvalue weighted by Crippen LogP contribution is 2.17. The zero-order valence-corrected chi connectivity index (χ0v) is 9.67. The number of hydrogen-bond acceptors (Lipinski definition) is 5. The molecule has 7 nitrogen and oxygen atoms in total. The van der Waals surface area contributed by atoms with Crippen molar-refractivity contribution in [3.05, 3.63) is 39.0 Å². The lowest BCUT2D eigenvalue weighted by atomic mass is 10.1. The summed E-state index contributed by atoms with van der Waals surface area (Å²) in [5.41, 5.74) is -0.233. The Morgan fingerprint density at radius 1 is 1.44 bits per heavy atom. The van der Waals surface area contributed by atoms with E-state index in [-0.39, 0.29) is 13.0 Å². The van der Waals surface area contributed by atoms with Gasteiger partial charge in [-0.2, -0.15) is 0 Å². The molecule has 0 fully saturated rings. The van der Waals surface area contributed by atoms with E-state index < -0.39 is 11.2 Å². The van der Waals surface area contributed by atoms with Gasteiger partial charge >= 0.3 is 5.69 Å². The SMILES string of the molecule is Cc1oncc1-c1cn(CCC=O)c(=O)[nH]c1=O. The van der Waals surface area contributed by atoms with E-state index in [1.54, 1.807) is 6.92 Å². The third-order valence-electron chi connectivity index (χ3n) is 2.54. The fourth-order valence-corrected chi connectivity index (χ4v) is 1.62. The lowest BCUT2D eigenvalue weighted by Crippen LogP contribution is -2.30. The van der Waals surface area contributed by atoms with Crippen molar-refractivity contribution in [2.45, 2.75) is 19.9 Å². The minimum absolute atomic E-state index is 0.202. The monoisotopic (exact) mass is 249 g/mol. The maximum absolute atomic E-state index is 11.7. The smallest absolute Gasteiger partial charge is 0.328 e. The van der Waals surface area contributed by atoms with Crippen molar-refractivity contribution in [3.8, 4) is 11.1 Å². The fourth-order valence-electron chi connectivity index (χ4n) is 1.62. The van der Waals surface area contributed by atoms with Crippen LogP contribution in [0.4, 0.5) is 0 Å². The predicted octanol–water partition coefficient (Wildman–Crippen LogP) is 0.0890. The quantitative estimate of drug-likeness (QED) is 0.774. The summed E-state index contributed by atoms with van der Waals surface area (Å²) in [6, 6.07) is 0. The Bertz CT molecular complexity index is 680. The molecule has 0 saturated heterocycles. The summed E-state index contributed by atoms with van der Waals surface area (Å²) in [7, 11) is 0. The largest absolute Gasteiger partial charge is 0.361 e. The van der Waals surface area contributed by atoms with Crippen molar-refractivity contribution in [3.63, 3.8) is 0 Å². The van der Waals surface area contributed by atoms with Crippen molar-refractivity contribution in [2.75, 3.05) is 0 Å². The maximum atomic E-state index is 11.7. The van der Waals surface area contributed by atoms with Crippen LogP contribution in [0, 0.1) is 6.92 Å². The van der Waals surface area contributed by atoms with E-state index >= 15 is 0 Å². The predicted molar refractivity (Wildman–Crippen MR) is 62.2 cm³/mol. The zero-order valence-electron chi connectivity index (χ0n) is 9.67. The first-order chi connectivity index (χ1) is 8.63. The molecule has 2 aromatic heterocycles. The lowest BCUT2D eigenvalue weighted by molar-refractivity contribution is -0.108. The van der Waals surface area contributed by atoms with Crippen LogP contribution >= 0.6 is 0 Å². The fraction of sp³-hybridized carbons (Fsp3) is 0.273. The van der Waals surface area contributed by atoms with Gasteiger partial charge in [-0.1, -0.05) is 5.16 Å². The molecule has 0 amide bonds. The van der Waals surface area contributed by atoms with Gasteiger partial charge in [-0.05, 0) is 6.92 Å². The van der Waals surface area contributed by atoms with Gasteiger partial charge in [0.1, 0.15) is 12.0 Å². The number of aldehydes is 1. The number of hydrogen-bond donors (Lipinski definition) is 1. The van der Waals surface area contributed by atoms with Crippen molar-refractivity contribution >= 4 is 6.29 Å². The van der Waals surface area contributed by atoms with Gasteiger partial charge in [0.25, 0.3) is 5.56 Å². The van der Waals surface area contributed by atoms with Crippen LogP contribution in [-0.4, -0.2) is 21.0 Å². The highest BCUT2D eigenvalue weighted by atomic mass is 16.5. The molecular weight excluding hydrogens is 238 g/mol. The molecule has 0 aliphatic carbocycles. The molecule has 1 N–H and O–H groups in total. The molecule has 0 aliphatic rings. The van der Waals surface area contributed by atoms with Gasteiger partial charge in [-0.25, -0.2) is 4.79 Å². The molecule has 94 valence electrons. The summed E-state index contributed by atoms with van der Waals surface area (Å²) < 4.78 is 6.15. The number of rotatable bonds is 4. The third-order valence-corrected chi connectivity index (χ3v) is 2.54. The second-order valence-electron chi connectivity index (χ2n) is 3.75. The Balaban J connectivity index is 2.55. The number of aryl methyl sites for hydroxylation is 2. The minimum atomic E-state index is -0.542. The van der Waals surface area contributed by atoms with Crippen LogP contribution in [0.1, 0.15) is 12.2 Å². The molecule has 0 unspecified atom stereocenters. The van der Waals surface area contributed by atoms with Gasteiger partial charge in [-0.15, -0.1) is 0 Å². The van der Waals surface area contributed by atoms with Gasteiger partial charge in [0.05, 0.1) is 17.3 Å². The first-order valence-corrected chi connectivity index (χ1v) is 5.32. The normalized spacial score (nSPS) is 10.5. The van der Waals surface area contributed by atoms with Gasteiger partial charge in [-0.3, -0.25) is 14.3 Å². The van der Waals surface area contributed by atoms with E-state index in [0.717, 1.165) is 0 Å². The number of carbonyl (C=O) groups excluding carboxylic acids is 1. The summed E-state index contributed by atoms with van der Waals surface area (Å²) in [6.45, 7) is 1.89. The Kier molecular flexibility index (Phi) is 3.22. The summed E-state index contributed by atoms with van der Waals surface area (Å²) >= 11 is 0.